The van der Waals surface area contributed by atoms with Crippen LogP contribution >= 0.6 is 0 Å². The van der Waals surface area contributed by atoms with E-state index in [1.54, 1.807) is 30.0 Å². The molecule has 2 heterocycles. The maximum absolute atomic E-state index is 13.2. The van der Waals surface area contributed by atoms with Crippen molar-refractivity contribution >= 4 is 22.0 Å². The van der Waals surface area contributed by atoms with Crippen LogP contribution in [0.25, 0.3) is 0 Å². The fourth-order valence-electron chi connectivity index (χ4n) is 4.14. The predicted molar refractivity (Wildman–Crippen MR) is 114 cm³/mol. The molecule has 2 aromatic carbocycles. The number of morpholine rings is 1. The lowest BCUT2D eigenvalue weighted by molar-refractivity contribution is -0.137. The van der Waals surface area contributed by atoms with Gasteiger partial charge in [-0.1, -0.05) is 48.5 Å². The van der Waals surface area contributed by atoms with Crippen LogP contribution in [0.1, 0.15) is 17.5 Å². The number of ether oxygens (including phenoxy) is 1. The zero-order chi connectivity index (χ0) is 22.0. The maximum atomic E-state index is 13.2. The largest absolute Gasteiger partial charge is 0.374 e. The van der Waals surface area contributed by atoms with Gasteiger partial charge in [0, 0.05) is 13.0 Å². The van der Waals surface area contributed by atoms with Crippen LogP contribution in [-0.2, 0) is 26.0 Å². The lowest BCUT2D eigenvalue weighted by Crippen LogP contribution is -2.55. The number of rotatable bonds is 6. The van der Waals surface area contributed by atoms with Crippen LogP contribution in [0, 0.1) is 6.92 Å². The van der Waals surface area contributed by atoms with E-state index in [0.717, 1.165) is 12.0 Å². The third-order valence-corrected chi connectivity index (χ3v) is 7.17. The van der Waals surface area contributed by atoms with Crippen molar-refractivity contribution in [1.29, 1.82) is 0 Å². The Morgan fingerprint density at radius 3 is 2.48 bits per heavy atom. The van der Waals surface area contributed by atoms with E-state index in [4.69, 9.17) is 4.74 Å². The molecule has 2 fully saturated rings. The summed E-state index contributed by atoms with van der Waals surface area (Å²) in [6.45, 7) is 2.63. The molecule has 2 bridgehead atoms. The lowest BCUT2D eigenvalue weighted by atomic mass is 10.0. The monoisotopic (exact) mass is 443 g/mol. The topological polar surface area (TPSA) is 105 Å². The molecule has 9 heteroatoms. The number of nitrogens with zero attached hydrogens (tertiary/aromatic N) is 1. The van der Waals surface area contributed by atoms with Gasteiger partial charge in [0.2, 0.25) is 5.91 Å². The van der Waals surface area contributed by atoms with Gasteiger partial charge in [-0.3, -0.25) is 4.79 Å². The Morgan fingerprint density at radius 1 is 1.13 bits per heavy atom. The zero-order valence-corrected chi connectivity index (χ0v) is 18.0. The second-order valence-corrected chi connectivity index (χ2v) is 9.57. The number of nitrogens with one attached hydrogen (secondary N) is 2. The molecule has 1 unspecified atom stereocenters. The van der Waals surface area contributed by atoms with Gasteiger partial charge in [-0.25, -0.2) is 17.9 Å². The third kappa shape index (κ3) is 4.72. The Balaban J connectivity index is 1.50. The molecular weight excluding hydrogens is 418 g/mol. The molecule has 2 saturated heterocycles. The van der Waals surface area contributed by atoms with Crippen molar-refractivity contribution in [2.75, 3.05) is 13.2 Å². The molecule has 0 saturated carbocycles. The summed E-state index contributed by atoms with van der Waals surface area (Å²) in [4.78, 5) is 27.6. The van der Waals surface area contributed by atoms with Crippen molar-refractivity contribution in [3.63, 3.8) is 0 Å². The van der Waals surface area contributed by atoms with Gasteiger partial charge in [-0.05, 0) is 30.5 Å². The van der Waals surface area contributed by atoms with E-state index in [-0.39, 0.29) is 29.4 Å². The van der Waals surface area contributed by atoms with Crippen LogP contribution in [0.15, 0.2) is 59.5 Å². The molecule has 0 radical (unpaired) electrons. The fourth-order valence-corrected chi connectivity index (χ4v) is 5.30. The molecule has 8 nitrogen and oxygen atoms in total. The number of carbonyl (C=O) groups excluding carboxylic acids is 2. The van der Waals surface area contributed by atoms with Gasteiger partial charge in [0.25, 0.3) is 10.0 Å². The molecular formula is C22H25N3O5S. The van der Waals surface area contributed by atoms with E-state index in [9.17, 15) is 18.0 Å². The average molecular weight is 444 g/mol. The fraction of sp³-hybridized carbons (Fsp3) is 0.364. The number of likely N-dealkylation sites (tertiary alicyclic amines) is 1. The normalized spacial score (nSPS) is 21.0. The molecule has 2 aliphatic rings. The second-order valence-electron chi connectivity index (χ2n) is 7.92. The van der Waals surface area contributed by atoms with Crippen molar-refractivity contribution in [1.82, 2.24) is 14.9 Å². The first kappa shape index (κ1) is 21.3. The van der Waals surface area contributed by atoms with Crippen LogP contribution in [0.4, 0.5) is 4.79 Å². The van der Waals surface area contributed by atoms with Crippen LogP contribution in [0.2, 0.25) is 0 Å². The lowest BCUT2D eigenvalue weighted by Gasteiger charge is -2.31. The third-order valence-electron chi connectivity index (χ3n) is 5.68. The Kier molecular flexibility index (Phi) is 5.97. The van der Waals surface area contributed by atoms with Crippen molar-refractivity contribution in [3.05, 3.63) is 65.7 Å². The molecule has 164 valence electrons. The van der Waals surface area contributed by atoms with E-state index in [1.807, 2.05) is 35.1 Å². The Hall–Kier alpha value is -2.91. The molecule has 0 aliphatic carbocycles. The first-order valence-corrected chi connectivity index (χ1v) is 11.7. The Morgan fingerprint density at radius 2 is 1.84 bits per heavy atom. The first-order valence-electron chi connectivity index (χ1n) is 10.2. The first-order chi connectivity index (χ1) is 14.8. The number of hydrogen-bond donors (Lipinski definition) is 2. The van der Waals surface area contributed by atoms with E-state index < -0.39 is 22.1 Å². The summed E-state index contributed by atoms with van der Waals surface area (Å²) in [5.74, 6) is -0.233. The molecule has 4 rings (SSSR count). The van der Waals surface area contributed by atoms with Gasteiger partial charge in [0.15, 0.2) is 0 Å². The number of aryl methyl sites for hydroxylation is 1. The number of hydrogen-bond acceptors (Lipinski definition) is 5. The number of amides is 3. The minimum absolute atomic E-state index is 0.00339. The van der Waals surface area contributed by atoms with E-state index in [2.05, 4.69) is 5.32 Å². The van der Waals surface area contributed by atoms with Gasteiger partial charge < -0.3 is 15.0 Å². The van der Waals surface area contributed by atoms with Crippen molar-refractivity contribution < 1.29 is 22.7 Å². The van der Waals surface area contributed by atoms with E-state index in [0.29, 0.717) is 18.7 Å². The second kappa shape index (κ2) is 8.68. The summed E-state index contributed by atoms with van der Waals surface area (Å²) in [7, 11) is -4.07. The van der Waals surface area contributed by atoms with Crippen LogP contribution < -0.4 is 10.0 Å². The molecule has 0 spiro atoms. The molecule has 0 aromatic heterocycles. The molecule has 31 heavy (non-hydrogen) atoms. The minimum atomic E-state index is -4.07. The van der Waals surface area contributed by atoms with Crippen LogP contribution in [0.5, 0.6) is 0 Å². The number of fused-ring (bicyclic) bond motifs is 2. The zero-order valence-electron chi connectivity index (χ0n) is 17.2. The Labute approximate surface area is 181 Å². The molecule has 3 amide bonds. The highest BCUT2D eigenvalue weighted by Gasteiger charge is 2.43. The van der Waals surface area contributed by atoms with E-state index >= 15 is 0 Å². The van der Waals surface area contributed by atoms with Crippen molar-refractivity contribution in [2.24, 2.45) is 0 Å². The van der Waals surface area contributed by atoms with Gasteiger partial charge in [-0.2, -0.15) is 0 Å². The van der Waals surface area contributed by atoms with Crippen molar-refractivity contribution in [3.8, 4) is 0 Å². The molecule has 2 N–H and O–H groups in total. The number of urea groups is 1. The highest BCUT2D eigenvalue weighted by atomic mass is 32.2. The van der Waals surface area contributed by atoms with Gasteiger partial charge in [-0.15, -0.1) is 0 Å². The van der Waals surface area contributed by atoms with Gasteiger partial charge >= 0.3 is 6.03 Å². The SMILES string of the molecule is Cc1ccccc1S(=O)(=O)NC(=O)NC(Cc1ccccc1)C(=O)N1C[C@@H]2C[C@H]1CO2. The number of sulfonamides is 1. The summed E-state index contributed by atoms with van der Waals surface area (Å²) in [5.41, 5.74) is 1.39. The summed E-state index contributed by atoms with van der Waals surface area (Å²) in [5, 5.41) is 2.59. The highest BCUT2D eigenvalue weighted by molar-refractivity contribution is 7.90. The van der Waals surface area contributed by atoms with E-state index in [1.165, 1.54) is 6.07 Å². The predicted octanol–water partition coefficient (Wildman–Crippen LogP) is 1.59. The molecule has 2 aliphatic heterocycles. The van der Waals surface area contributed by atoms with Gasteiger partial charge in [0.05, 0.1) is 23.6 Å². The highest BCUT2D eigenvalue weighted by Crippen LogP contribution is 2.28. The molecule has 2 aromatic rings. The molecule has 3 atom stereocenters. The summed E-state index contributed by atoms with van der Waals surface area (Å²) in [6.07, 6.45) is 1.07. The van der Waals surface area contributed by atoms with Crippen LogP contribution in [0.3, 0.4) is 0 Å². The maximum Gasteiger partial charge on any atom is 0.329 e. The summed E-state index contributed by atoms with van der Waals surface area (Å²) in [6, 6.07) is 13.9. The quantitative estimate of drug-likeness (QED) is 0.706. The summed E-state index contributed by atoms with van der Waals surface area (Å²) >= 11 is 0. The number of benzene rings is 2. The smallest absolute Gasteiger partial charge is 0.329 e. The number of carbonyl (C=O) groups is 2. The van der Waals surface area contributed by atoms with Crippen molar-refractivity contribution in [2.45, 2.75) is 42.8 Å². The average Bonchev–Trinajstić information content (AvgIpc) is 3.37. The Bertz CT molecular complexity index is 1070. The van der Waals surface area contributed by atoms with Gasteiger partial charge in [0.1, 0.15) is 6.04 Å². The summed E-state index contributed by atoms with van der Waals surface area (Å²) < 4.78 is 32.9. The standard InChI is InChI=1S/C22H25N3O5S/c1-15-7-5-6-10-20(15)31(28,29)24-22(27)23-19(11-16-8-3-2-4-9-16)21(26)25-13-18-12-17(25)14-30-18/h2-10,17-19H,11-14H2,1H3,(H2,23,24,27)/t17-,18-,19?/m0/s1. The van der Waals surface area contributed by atoms with Crippen LogP contribution in [-0.4, -0.2) is 56.6 Å². The minimum Gasteiger partial charge on any atom is -0.374 e.